The Morgan fingerprint density at radius 2 is 1.95 bits per heavy atom. The Kier molecular flexibility index (Phi) is 5.43. The number of hydrogen-bond acceptors (Lipinski definition) is 4. The Labute approximate surface area is 121 Å². The van der Waals surface area contributed by atoms with E-state index in [0.29, 0.717) is 12.1 Å². The number of nitrogens with two attached hydrogens (primary N) is 1. The second-order valence-electron chi connectivity index (χ2n) is 4.27. The first kappa shape index (κ1) is 16.0. The average Bonchev–Trinajstić information content (AvgIpc) is 2.40. The highest BCUT2D eigenvalue weighted by molar-refractivity contribution is 6.44. The number of benzene rings is 1. The van der Waals surface area contributed by atoms with Crippen LogP contribution in [0.25, 0.3) is 0 Å². The van der Waals surface area contributed by atoms with Gasteiger partial charge in [0.15, 0.2) is 0 Å². The monoisotopic (exact) mass is 306 g/mol. The molecule has 5 N–H and O–H groups in total. The summed E-state index contributed by atoms with van der Waals surface area (Å²) in [5.41, 5.74) is 4.91. The molecular weight excluding hydrogens is 291 g/mol. The van der Waals surface area contributed by atoms with Crippen molar-refractivity contribution in [3.8, 4) is 0 Å². The third kappa shape index (κ3) is 3.51. The molecule has 5 nitrogen and oxygen atoms in total. The zero-order valence-electron chi connectivity index (χ0n) is 10.4. The van der Waals surface area contributed by atoms with Crippen molar-refractivity contribution in [2.45, 2.75) is 18.9 Å². The Hall–Kier alpha value is -1.01. The van der Waals surface area contributed by atoms with Gasteiger partial charge in [-0.1, -0.05) is 30.1 Å². The summed E-state index contributed by atoms with van der Waals surface area (Å²) in [4.78, 5) is 12.1. The molecule has 0 aliphatic carbocycles. The molecule has 0 bridgehead atoms. The number of carbonyl (C=O) groups is 1. The second kappa shape index (κ2) is 6.43. The van der Waals surface area contributed by atoms with Crippen molar-refractivity contribution in [2.24, 2.45) is 0 Å². The first-order valence-corrected chi connectivity index (χ1v) is 6.43. The molecule has 19 heavy (non-hydrogen) atoms. The molecule has 0 aliphatic heterocycles. The summed E-state index contributed by atoms with van der Waals surface area (Å²) in [5.74, 6) is -0.552. The number of nitrogen functional groups attached to an aromatic ring is 1. The highest BCUT2D eigenvalue weighted by atomic mass is 35.5. The fraction of sp³-hybridized carbons (Fsp3) is 0.417. The van der Waals surface area contributed by atoms with Gasteiger partial charge in [-0.15, -0.1) is 0 Å². The van der Waals surface area contributed by atoms with Gasteiger partial charge in [-0.2, -0.15) is 0 Å². The maximum atomic E-state index is 12.1. The molecule has 0 radical (unpaired) electrons. The molecule has 0 spiro atoms. The number of halogens is 2. The van der Waals surface area contributed by atoms with Crippen LogP contribution in [-0.2, 0) is 0 Å². The van der Waals surface area contributed by atoms with Crippen molar-refractivity contribution in [3.63, 3.8) is 0 Å². The molecule has 1 aromatic rings. The van der Waals surface area contributed by atoms with E-state index in [9.17, 15) is 15.0 Å². The first-order chi connectivity index (χ1) is 8.89. The Balaban J connectivity index is 3.08. The normalized spacial score (nSPS) is 11.4. The first-order valence-electron chi connectivity index (χ1n) is 5.68. The zero-order valence-corrected chi connectivity index (χ0v) is 11.9. The minimum absolute atomic E-state index is 0.0780. The van der Waals surface area contributed by atoms with Crippen molar-refractivity contribution >= 4 is 34.8 Å². The molecule has 0 unspecified atom stereocenters. The Morgan fingerprint density at radius 3 is 2.42 bits per heavy atom. The molecule has 0 atom stereocenters. The van der Waals surface area contributed by atoms with Crippen molar-refractivity contribution in [2.75, 3.05) is 18.9 Å². The summed E-state index contributed by atoms with van der Waals surface area (Å²) >= 11 is 11.8. The van der Waals surface area contributed by atoms with Gasteiger partial charge in [-0.05, 0) is 18.6 Å². The fourth-order valence-electron chi connectivity index (χ4n) is 1.52. The maximum absolute atomic E-state index is 12.1. The molecule has 0 aromatic heterocycles. The van der Waals surface area contributed by atoms with Crippen LogP contribution >= 0.6 is 23.2 Å². The number of rotatable bonds is 5. The van der Waals surface area contributed by atoms with Crippen molar-refractivity contribution in [1.82, 2.24) is 5.32 Å². The highest BCUT2D eigenvalue weighted by Gasteiger charge is 2.30. The fourth-order valence-corrected chi connectivity index (χ4v) is 1.95. The molecule has 1 amide bonds. The smallest absolute Gasteiger partial charge is 0.253 e. The van der Waals surface area contributed by atoms with E-state index in [1.165, 1.54) is 12.1 Å². The highest BCUT2D eigenvalue weighted by Crippen LogP contribution is 2.29. The number of carbonyl (C=O) groups excluding carboxylic acids is 1. The van der Waals surface area contributed by atoms with Crippen LogP contribution in [-0.4, -0.2) is 34.9 Å². The van der Waals surface area contributed by atoms with Gasteiger partial charge in [0.1, 0.15) is 0 Å². The lowest BCUT2D eigenvalue weighted by atomic mass is 9.97. The van der Waals surface area contributed by atoms with Crippen molar-refractivity contribution < 1.29 is 15.0 Å². The zero-order chi connectivity index (χ0) is 14.6. The summed E-state index contributed by atoms with van der Waals surface area (Å²) < 4.78 is 0. The van der Waals surface area contributed by atoms with Crippen molar-refractivity contribution in [3.05, 3.63) is 27.7 Å². The molecule has 0 heterocycles. The predicted octanol–water partition coefficient (Wildman–Crippen LogP) is 1.44. The topological polar surface area (TPSA) is 95.6 Å². The van der Waals surface area contributed by atoms with Crippen LogP contribution in [0, 0.1) is 0 Å². The molecule has 0 fully saturated rings. The molecule has 7 heteroatoms. The maximum Gasteiger partial charge on any atom is 0.253 e. The van der Waals surface area contributed by atoms with E-state index >= 15 is 0 Å². The Morgan fingerprint density at radius 1 is 1.37 bits per heavy atom. The molecule has 1 aromatic carbocycles. The number of aliphatic hydroxyl groups is 2. The molecule has 1 rings (SSSR count). The number of aliphatic hydroxyl groups excluding tert-OH is 2. The van der Waals surface area contributed by atoms with Gasteiger partial charge in [-0.3, -0.25) is 4.79 Å². The van der Waals surface area contributed by atoms with Crippen molar-refractivity contribution in [1.29, 1.82) is 0 Å². The van der Waals surface area contributed by atoms with Gasteiger partial charge in [0, 0.05) is 5.69 Å². The van der Waals surface area contributed by atoms with Gasteiger partial charge in [0.2, 0.25) is 0 Å². The van der Waals surface area contributed by atoms with Crippen LogP contribution in [0.1, 0.15) is 23.7 Å². The van der Waals surface area contributed by atoms with Gasteiger partial charge in [0.25, 0.3) is 5.91 Å². The molecule has 106 valence electrons. The quantitative estimate of drug-likeness (QED) is 0.619. The lowest BCUT2D eigenvalue weighted by Crippen LogP contribution is -2.53. The van der Waals surface area contributed by atoms with Gasteiger partial charge < -0.3 is 21.3 Å². The standard InChI is InChI=1S/C12H16Cl2N2O3/c1-2-12(5-17,6-18)16-11(19)8-3-7(15)4-9(13)10(8)14/h3-4,17-18H,2,5-6,15H2,1H3,(H,16,19). The van der Waals surface area contributed by atoms with E-state index in [1.807, 2.05) is 0 Å². The summed E-state index contributed by atoms with van der Waals surface area (Å²) in [6.45, 7) is 0.958. The number of amides is 1. The van der Waals surface area contributed by atoms with E-state index in [1.54, 1.807) is 6.92 Å². The summed E-state index contributed by atoms with van der Waals surface area (Å²) in [5, 5.41) is 21.4. The summed E-state index contributed by atoms with van der Waals surface area (Å²) in [7, 11) is 0. The molecule has 0 aliphatic rings. The van der Waals surface area contributed by atoms with Crippen LogP contribution in [0.2, 0.25) is 10.0 Å². The Bertz CT molecular complexity index is 468. The number of nitrogens with one attached hydrogen (secondary N) is 1. The van der Waals surface area contributed by atoms with Gasteiger partial charge in [0.05, 0.1) is 34.4 Å². The van der Waals surface area contributed by atoms with Crippen LogP contribution in [0.3, 0.4) is 0 Å². The van der Waals surface area contributed by atoms with Crippen LogP contribution in [0.4, 0.5) is 5.69 Å². The third-order valence-corrected chi connectivity index (χ3v) is 3.76. The lowest BCUT2D eigenvalue weighted by molar-refractivity contribution is 0.0653. The van der Waals surface area contributed by atoms with Crippen LogP contribution < -0.4 is 11.1 Å². The van der Waals surface area contributed by atoms with E-state index in [0.717, 1.165) is 0 Å². The lowest BCUT2D eigenvalue weighted by Gasteiger charge is -2.29. The minimum Gasteiger partial charge on any atom is -0.399 e. The summed E-state index contributed by atoms with van der Waals surface area (Å²) in [6.07, 6.45) is 0.361. The van der Waals surface area contributed by atoms with E-state index in [4.69, 9.17) is 28.9 Å². The molecule has 0 saturated heterocycles. The SMILES string of the molecule is CCC(CO)(CO)NC(=O)c1cc(N)cc(Cl)c1Cl. The predicted molar refractivity (Wildman–Crippen MR) is 75.5 cm³/mol. The summed E-state index contributed by atoms with van der Waals surface area (Å²) in [6, 6.07) is 2.82. The second-order valence-corrected chi connectivity index (χ2v) is 5.05. The van der Waals surface area contributed by atoms with E-state index in [2.05, 4.69) is 5.32 Å². The van der Waals surface area contributed by atoms with E-state index < -0.39 is 11.4 Å². The van der Waals surface area contributed by atoms with Gasteiger partial charge in [-0.25, -0.2) is 0 Å². The molecule has 0 saturated carbocycles. The minimum atomic E-state index is -1.10. The van der Waals surface area contributed by atoms with E-state index in [-0.39, 0.29) is 28.8 Å². The van der Waals surface area contributed by atoms with Crippen LogP contribution in [0.5, 0.6) is 0 Å². The van der Waals surface area contributed by atoms with Gasteiger partial charge >= 0.3 is 0 Å². The number of anilines is 1. The third-order valence-electron chi connectivity index (χ3n) is 2.96. The average molecular weight is 307 g/mol. The number of hydrogen-bond donors (Lipinski definition) is 4. The molecular formula is C12H16Cl2N2O3. The van der Waals surface area contributed by atoms with Crippen LogP contribution in [0.15, 0.2) is 12.1 Å². The largest absolute Gasteiger partial charge is 0.399 e.